The lowest BCUT2D eigenvalue weighted by Gasteiger charge is -2.18. The maximum absolute atomic E-state index is 12.2. The summed E-state index contributed by atoms with van der Waals surface area (Å²) in [4.78, 5) is 14.5. The molecule has 1 aliphatic carbocycles. The molecule has 2 aliphatic rings. The Labute approximate surface area is 154 Å². The zero-order valence-electron chi connectivity index (χ0n) is 14.3. The zero-order valence-corrected chi connectivity index (χ0v) is 15.1. The molecule has 2 aromatic rings. The number of carbonyl (C=O) groups excluding carboxylic acids is 1. The lowest BCUT2D eigenvalue weighted by atomic mass is 10.0. The number of hydrogen-bond acceptors (Lipinski definition) is 2. The molecule has 4 heteroatoms. The van der Waals surface area contributed by atoms with E-state index >= 15 is 0 Å². The van der Waals surface area contributed by atoms with E-state index in [1.54, 1.807) is 0 Å². The second-order valence-electron chi connectivity index (χ2n) is 7.22. The van der Waals surface area contributed by atoms with Crippen LogP contribution < -0.4 is 10.2 Å². The van der Waals surface area contributed by atoms with Gasteiger partial charge in [0.1, 0.15) is 0 Å². The Morgan fingerprint density at radius 1 is 1.04 bits per heavy atom. The summed E-state index contributed by atoms with van der Waals surface area (Å²) in [6.45, 7) is 1.78. The smallest absolute Gasteiger partial charge is 0.224 e. The Balaban J connectivity index is 1.37. The van der Waals surface area contributed by atoms with Crippen LogP contribution in [-0.2, 0) is 17.9 Å². The van der Waals surface area contributed by atoms with Gasteiger partial charge in [-0.25, -0.2) is 0 Å². The van der Waals surface area contributed by atoms with Crippen LogP contribution in [0, 0.1) is 5.92 Å². The highest BCUT2D eigenvalue weighted by Crippen LogP contribution is 2.31. The molecule has 1 fully saturated rings. The standard InChI is InChI=1S/C21H23ClN2O/c22-18-6-5-16-13-24(14-17(16)12-18)20-9-7-19(8-10-20)23-21(25)11-15-3-1-2-4-15/h5-10,12,15H,1-4,11,13-14H2,(H,23,25). The normalized spacial score (nSPS) is 16.9. The van der Waals surface area contributed by atoms with Crippen LogP contribution in [0.25, 0.3) is 0 Å². The van der Waals surface area contributed by atoms with Crippen molar-refractivity contribution >= 4 is 28.9 Å². The number of nitrogens with zero attached hydrogens (tertiary/aromatic N) is 1. The molecule has 0 radical (unpaired) electrons. The number of rotatable bonds is 4. The number of hydrogen-bond donors (Lipinski definition) is 1. The molecular formula is C21H23ClN2O. The Hall–Kier alpha value is -2.00. The van der Waals surface area contributed by atoms with Gasteiger partial charge in [-0.05, 0) is 66.3 Å². The van der Waals surface area contributed by atoms with Gasteiger partial charge in [-0.15, -0.1) is 0 Å². The summed E-state index contributed by atoms with van der Waals surface area (Å²) < 4.78 is 0. The van der Waals surface area contributed by atoms with E-state index in [0.29, 0.717) is 12.3 Å². The van der Waals surface area contributed by atoms with E-state index in [1.807, 2.05) is 18.2 Å². The summed E-state index contributed by atoms with van der Waals surface area (Å²) in [5.74, 6) is 0.720. The number of amides is 1. The van der Waals surface area contributed by atoms with Crippen LogP contribution in [0.15, 0.2) is 42.5 Å². The molecule has 0 bridgehead atoms. The van der Waals surface area contributed by atoms with Crippen LogP contribution in [0.1, 0.15) is 43.2 Å². The minimum atomic E-state index is 0.142. The summed E-state index contributed by atoms with van der Waals surface area (Å²) in [5, 5.41) is 3.83. The molecule has 0 spiro atoms. The van der Waals surface area contributed by atoms with E-state index < -0.39 is 0 Å². The van der Waals surface area contributed by atoms with Crippen molar-refractivity contribution in [3.05, 3.63) is 58.6 Å². The highest BCUT2D eigenvalue weighted by atomic mass is 35.5. The number of halogens is 1. The molecule has 4 rings (SSSR count). The van der Waals surface area contributed by atoms with Crippen molar-refractivity contribution in [3.8, 4) is 0 Å². The third-order valence-corrected chi connectivity index (χ3v) is 5.59. The van der Waals surface area contributed by atoms with Crippen LogP contribution >= 0.6 is 11.6 Å². The minimum Gasteiger partial charge on any atom is -0.363 e. The van der Waals surface area contributed by atoms with E-state index in [2.05, 4.69) is 34.5 Å². The first-order valence-electron chi connectivity index (χ1n) is 9.09. The minimum absolute atomic E-state index is 0.142. The molecule has 1 N–H and O–H groups in total. The molecular weight excluding hydrogens is 332 g/mol. The first-order chi connectivity index (χ1) is 12.2. The van der Waals surface area contributed by atoms with Gasteiger partial charge in [0, 0.05) is 35.9 Å². The monoisotopic (exact) mass is 354 g/mol. The van der Waals surface area contributed by atoms with Crippen LogP contribution in [0.3, 0.4) is 0 Å². The van der Waals surface area contributed by atoms with Crippen molar-refractivity contribution in [3.63, 3.8) is 0 Å². The third kappa shape index (κ3) is 3.82. The third-order valence-electron chi connectivity index (χ3n) is 5.36. The second kappa shape index (κ2) is 7.09. The first-order valence-corrected chi connectivity index (χ1v) is 9.47. The predicted octanol–water partition coefficient (Wildman–Crippen LogP) is 5.38. The van der Waals surface area contributed by atoms with E-state index in [0.717, 1.165) is 23.8 Å². The predicted molar refractivity (Wildman–Crippen MR) is 103 cm³/mol. The van der Waals surface area contributed by atoms with Gasteiger partial charge in [0.2, 0.25) is 5.91 Å². The van der Waals surface area contributed by atoms with Gasteiger partial charge in [0.05, 0.1) is 0 Å². The van der Waals surface area contributed by atoms with Crippen molar-refractivity contribution in [2.75, 3.05) is 10.2 Å². The van der Waals surface area contributed by atoms with Crippen LogP contribution in [0.5, 0.6) is 0 Å². The fourth-order valence-corrected chi connectivity index (χ4v) is 4.18. The quantitative estimate of drug-likeness (QED) is 0.799. The van der Waals surface area contributed by atoms with Crippen molar-refractivity contribution in [2.45, 2.75) is 45.2 Å². The number of fused-ring (bicyclic) bond motifs is 1. The van der Waals surface area contributed by atoms with Gasteiger partial charge in [-0.1, -0.05) is 30.5 Å². The van der Waals surface area contributed by atoms with E-state index in [4.69, 9.17) is 11.6 Å². The Morgan fingerprint density at radius 2 is 1.76 bits per heavy atom. The molecule has 0 aromatic heterocycles. The van der Waals surface area contributed by atoms with Gasteiger partial charge in [0.25, 0.3) is 0 Å². The topological polar surface area (TPSA) is 32.3 Å². The molecule has 130 valence electrons. The van der Waals surface area contributed by atoms with Crippen LogP contribution in [-0.4, -0.2) is 5.91 Å². The van der Waals surface area contributed by atoms with Crippen molar-refractivity contribution in [1.29, 1.82) is 0 Å². The molecule has 1 heterocycles. The molecule has 0 saturated heterocycles. The SMILES string of the molecule is O=C(CC1CCCC1)Nc1ccc(N2Cc3ccc(Cl)cc3C2)cc1. The molecule has 25 heavy (non-hydrogen) atoms. The van der Waals surface area contributed by atoms with Gasteiger partial charge < -0.3 is 10.2 Å². The summed E-state index contributed by atoms with van der Waals surface area (Å²) in [5.41, 5.74) is 4.67. The average molecular weight is 355 g/mol. The fourth-order valence-electron chi connectivity index (χ4n) is 3.99. The maximum Gasteiger partial charge on any atom is 0.224 e. The maximum atomic E-state index is 12.2. The van der Waals surface area contributed by atoms with Gasteiger partial charge in [-0.2, -0.15) is 0 Å². The van der Waals surface area contributed by atoms with Crippen LogP contribution in [0.4, 0.5) is 11.4 Å². The van der Waals surface area contributed by atoms with E-state index in [1.165, 1.54) is 42.5 Å². The van der Waals surface area contributed by atoms with Crippen molar-refractivity contribution < 1.29 is 4.79 Å². The Bertz CT molecular complexity index is 766. The lowest BCUT2D eigenvalue weighted by Crippen LogP contribution is -2.16. The number of carbonyl (C=O) groups is 1. The van der Waals surface area contributed by atoms with Crippen molar-refractivity contribution in [2.24, 2.45) is 5.92 Å². The summed E-state index contributed by atoms with van der Waals surface area (Å²) in [7, 11) is 0. The fraction of sp³-hybridized carbons (Fsp3) is 0.381. The summed E-state index contributed by atoms with van der Waals surface area (Å²) in [6.07, 6.45) is 5.61. The zero-order chi connectivity index (χ0) is 17.2. The van der Waals surface area contributed by atoms with Gasteiger partial charge in [0.15, 0.2) is 0 Å². The molecule has 0 unspecified atom stereocenters. The van der Waals surface area contributed by atoms with E-state index in [-0.39, 0.29) is 5.91 Å². The second-order valence-corrected chi connectivity index (χ2v) is 7.66. The number of benzene rings is 2. The molecule has 1 aliphatic heterocycles. The number of anilines is 2. The summed E-state index contributed by atoms with van der Waals surface area (Å²) >= 11 is 6.09. The van der Waals surface area contributed by atoms with Gasteiger partial charge in [-0.3, -0.25) is 4.79 Å². The highest BCUT2D eigenvalue weighted by Gasteiger charge is 2.20. The first kappa shape index (κ1) is 16.5. The lowest BCUT2D eigenvalue weighted by molar-refractivity contribution is -0.117. The Morgan fingerprint density at radius 3 is 2.52 bits per heavy atom. The molecule has 1 saturated carbocycles. The van der Waals surface area contributed by atoms with Crippen molar-refractivity contribution in [1.82, 2.24) is 0 Å². The molecule has 3 nitrogen and oxygen atoms in total. The Kier molecular flexibility index (Phi) is 4.67. The largest absolute Gasteiger partial charge is 0.363 e. The summed E-state index contributed by atoms with van der Waals surface area (Å²) in [6, 6.07) is 14.3. The van der Waals surface area contributed by atoms with Gasteiger partial charge >= 0.3 is 0 Å². The van der Waals surface area contributed by atoms with E-state index in [9.17, 15) is 4.79 Å². The average Bonchev–Trinajstić information content (AvgIpc) is 3.24. The molecule has 0 atom stereocenters. The number of nitrogens with one attached hydrogen (secondary N) is 1. The molecule has 2 aromatic carbocycles. The highest BCUT2D eigenvalue weighted by molar-refractivity contribution is 6.30. The molecule has 1 amide bonds. The van der Waals surface area contributed by atoms with Crippen LogP contribution in [0.2, 0.25) is 5.02 Å².